The van der Waals surface area contributed by atoms with Crippen LogP contribution in [0.3, 0.4) is 0 Å². The summed E-state index contributed by atoms with van der Waals surface area (Å²) in [5.41, 5.74) is 0.112. The van der Waals surface area contributed by atoms with Crippen LogP contribution in [0.15, 0.2) is 51.1 Å². The molecule has 0 atom stereocenters. The molecule has 3 aromatic rings. The van der Waals surface area contributed by atoms with Crippen LogP contribution in [0, 0.1) is 0 Å². The van der Waals surface area contributed by atoms with Gasteiger partial charge < -0.3 is 5.32 Å². The smallest absolute Gasteiger partial charge is 0.324 e. The van der Waals surface area contributed by atoms with E-state index in [1.807, 2.05) is 24.3 Å². The van der Waals surface area contributed by atoms with Crippen LogP contribution < -0.4 is 5.32 Å². The molecule has 0 unspecified atom stereocenters. The molecule has 30 heavy (non-hydrogen) atoms. The first-order chi connectivity index (χ1) is 14.2. The van der Waals surface area contributed by atoms with Gasteiger partial charge in [-0.15, -0.1) is 10.2 Å². The zero-order valence-electron chi connectivity index (χ0n) is 14.9. The molecule has 0 aliphatic rings. The van der Waals surface area contributed by atoms with E-state index in [-0.39, 0.29) is 16.5 Å². The maximum absolute atomic E-state index is 12.8. The van der Waals surface area contributed by atoms with Crippen LogP contribution in [0.25, 0.3) is 0 Å². The highest BCUT2D eigenvalue weighted by Crippen LogP contribution is 2.34. The quantitative estimate of drug-likeness (QED) is 0.351. The molecular weight excluding hydrogens is 498 g/mol. The summed E-state index contributed by atoms with van der Waals surface area (Å²) >= 11 is 15.7. The first-order valence-corrected chi connectivity index (χ1v) is 11.8. The molecule has 0 spiro atoms. The molecule has 2 aromatic carbocycles. The SMILES string of the molecule is O=C(CSc1nnc(SCc2ccc(Cl)cc2)s1)Nc1cc(C(F)(F)F)ccc1Cl. The largest absolute Gasteiger partial charge is 0.416 e. The zero-order chi connectivity index (χ0) is 21.7. The average Bonchev–Trinajstić information content (AvgIpc) is 3.15. The number of amides is 1. The monoisotopic (exact) mass is 509 g/mol. The van der Waals surface area contributed by atoms with Gasteiger partial charge in [0.15, 0.2) is 8.68 Å². The number of hydrogen-bond donors (Lipinski definition) is 1. The molecule has 1 amide bonds. The number of thioether (sulfide) groups is 2. The molecule has 3 rings (SSSR count). The van der Waals surface area contributed by atoms with Gasteiger partial charge in [-0.3, -0.25) is 4.79 Å². The van der Waals surface area contributed by atoms with Gasteiger partial charge in [0.05, 0.1) is 22.0 Å². The number of anilines is 1. The molecule has 4 nitrogen and oxygen atoms in total. The van der Waals surface area contributed by atoms with Gasteiger partial charge in [-0.05, 0) is 35.9 Å². The van der Waals surface area contributed by atoms with E-state index in [0.29, 0.717) is 15.1 Å². The number of benzene rings is 2. The lowest BCUT2D eigenvalue weighted by Gasteiger charge is -2.11. The molecule has 0 fully saturated rings. The number of aromatic nitrogens is 2. The zero-order valence-corrected chi connectivity index (χ0v) is 18.8. The van der Waals surface area contributed by atoms with Crippen molar-refractivity contribution in [2.24, 2.45) is 0 Å². The van der Waals surface area contributed by atoms with Crippen LogP contribution in [-0.4, -0.2) is 21.9 Å². The van der Waals surface area contributed by atoms with Crippen LogP contribution in [0.2, 0.25) is 10.0 Å². The average molecular weight is 510 g/mol. The van der Waals surface area contributed by atoms with Crippen molar-refractivity contribution >= 4 is 69.7 Å². The Labute approximate surface area is 192 Å². The van der Waals surface area contributed by atoms with Gasteiger partial charge in [0.1, 0.15) is 0 Å². The van der Waals surface area contributed by atoms with Gasteiger partial charge >= 0.3 is 6.18 Å². The Morgan fingerprint density at radius 3 is 2.37 bits per heavy atom. The van der Waals surface area contributed by atoms with E-state index in [1.165, 1.54) is 23.1 Å². The second kappa shape index (κ2) is 10.2. The van der Waals surface area contributed by atoms with Crippen molar-refractivity contribution in [1.82, 2.24) is 10.2 Å². The van der Waals surface area contributed by atoms with Crippen molar-refractivity contribution in [2.75, 3.05) is 11.1 Å². The minimum Gasteiger partial charge on any atom is -0.324 e. The van der Waals surface area contributed by atoms with E-state index in [4.69, 9.17) is 23.2 Å². The van der Waals surface area contributed by atoms with Crippen molar-refractivity contribution in [3.05, 3.63) is 63.6 Å². The summed E-state index contributed by atoms with van der Waals surface area (Å²) < 4.78 is 39.8. The minimum absolute atomic E-state index is 0.0261. The lowest BCUT2D eigenvalue weighted by molar-refractivity contribution is -0.137. The third-order valence-corrected chi connectivity index (χ3v) is 7.40. The summed E-state index contributed by atoms with van der Waals surface area (Å²) in [6.07, 6.45) is -4.52. The van der Waals surface area contributed by atoms with Crippen LogP contribution >= 0.6 is 58.1 Å². The summed E-state index contributed by atoms with van der Waals surface area (Å²) in [5, 5.41) is 11.2. The summed E-state index contributed by atoms with van der Waals surface area (Å²) in [7, 11) is 0. The Morgan fingerprint density at radius 1 is 1.03 bits per heavy atom. The molecular formula is C18H12Cl2F3N3OS3. The van der Waals surface area contributed by atoms with E-state index in [2.05, 4.69) is 15.5 Å². The number of halogens is 5. The molecule has 12 heteroatoms. The third kappa shape index (κ3) is 6.78. The number of alkyl halides is 3. The van der Waals surface area contributed by atoms with E-state index in [0.717, 1.165) is 39.9 Å². The van der Waals surface area contributed by atoms with E-state index >= 15 is 0 Å². The highest BCUT2D eigenvalue weighted by Gasteiger charge is 2.31. The predicted octanol–water partition coefficient (Wildman–Crippen LogP) is 6.89. The number of rotatable bonds is 7. The van der Waals surface area contributed by atoms with Crippen molar-refractivity contribution in [1.29, 1.82) is 0 Å². The molecule has 0 saturated carbocycles. The van der Waals surface area contributed by atoms with Crippen molar-refractivity contribution in [3.63, 3.8) is 0 Å². The molecule has 1 N–H and O–H groups in total. The Bertz CT molecular complexity index is 1030. The maximum Gasteiger partial charge on any atom is 0.416 e. The molecule has 0 bridgehead atoms. The van der Waals surface area contributed by atoms with Gasteiger partial charge in [-0.25, -0.2) is 0 Å². The van der Waals surface area contributed by atoms with E-state index < -0.39 is 17.6 Å². The molecule has 1 aromatic heterocycles. The second-order valence-electron chi connectivity index (χ2n) is 5.78. The van der Waals surface area contributed by atoms with Gasteiger partial charge in [-0.2, -0.15) is 13.2 Å². The lowest BCUT2D eigenvalue weighted by Crippen LogP contribution is -2.15. The lowest BCUT2D eigenvalue weighted by atomic mass is 10.2. The fraction of sp³-hybridized carbons (Fsp3) is 0.167. The van der Waals surface area contributed by atoms with Crippen molar-refractivity contribution in [3.8, 4) is 0 Å². The normalized spacial score (nSPS) is 11.5. The maximum atomic E-state index is 12.8. The first-order valence-electron chi connectivity index (χ1n) is 8.21. The number of carbonyl (C=O) groups excluding carboxylic acids is 1. The Kier molecular flexibility index (Phi) is 7.92. The first kappa shape index (κ1) is 23.2. The highest BCUT2D eigenvalue weighted by atomic mass is 35.5. The Balaban J connectivity index is 1.51. The van der Waals surface area contributed by atoms with Crippen LogP contribution in [0.5, 0.6) is 0 Å². The fourth-order valence-electron chi connectivity index (χ4n) is 2.15. The molecule has 0 saturated heterocycles. The van der Waals surface area contributed by atoms with Gasteiger partial charge in [0.2, 0.25) is 5.91 Å². The summed E-state index contributed by atoms with van der Waals surface area (Å²) in [5.74, 6) is 0.167. The topological polar surface area (TPSA) is 54.9 Å². The van der Waals surface area contributed by atoms with Crippen molar-refractivity contribution in [2.45, 2.75) is 20.6 Å². The van der Waals surface area contributed by atoms with Gasteiger partial charge in [0, 0.05) is 10.8 Å². The summed E-state index contributed by atoms with van der Waals surface area (Å²) in [6, 6.07) is 10.2. The molecule has 0 aliphatic carbocycles. The van der Waals surface area contributed by atoms with Gasteiger partial charge in [0.25, 0.3) is 0 Å². The summed E-state index contributed by atoms with van der Waals surface area (Å²) in [6.45, 7) is 0. The van der Waals surface area contributed by atoms with Crippen LogP contribution in [0.1, 0.15) is 11.1 Å². The second-order valence-corrected chi connectivity index (χ2v) is 10.0. The fourth-order valence-corrected chi connectivity index (χ4v) is 5.22. The number of nitrogens with one attached hydrogen (secondary N) is 1. The van der Waals surface area contributed by atoms with Crippen molar-refractivity contribution < 1.29 is 18.0 Å². The number of hydrogen-bond acceptors (Lipinski definition) is 6. The Morgan fingerprint density at radius 2 is 1.70 bits per heavy atom. The van der Waals surface area contributed by atoms with Crippen LogP contribution in [0.4, 0.5) is 18.9 Å². The molecule has 0 aliphatic heterocycles. The molecule has 0 radical (unpaired) electrons. The molecule has 158 valence electrons. The number of nitrogens with zero attached hydrogens (tertiary/aromatic N) is 2. The molecule has 1 heterocycles. The highest BCUT2D eigenvalue weighted by molar-refractivity contribution is 8.03. The third-order valence-electron chi connectivity index (χ3n) is 3.56. The van der Waals surface area contributed by atoms with Crippen LogP contribution in [-0.2, 0) is 16.7 Å². The number of carbonyl (C=O) groups is 1. The minimum atomic E-state index is -4.52. The van der Waals surface area contributed by atoms with E-state index in [9.17, 15) is 18.0 Å². The Hall–Kier alpha value is -1.46. The van der Waals surface area contributed by atoms with Gasteiger partial charge in [-0.1, -0.05) is 70.2 Å². The van der Waals surface area contributed by atoms with E-state index in [1.54, 1.807) is 0 Å². The predicted molar refractivity (Wildman–Crippen MR) is 117 cm³/mol. The standard InChI is InChI=1S/C18H12Cl2F3N3OS3/c19-12-4-1-10(2-5-12)8-28-16-25-26-17(30-16)29-9-15(27)24-14-7-11(18(21,22)23)3-6-13(14)20/h1-7H,8-9H2,(H,24,27). The summed E-state index contributed by atoms with van der Waals surface area (Å²) in [4.78, 5) is 12.1.